The third-order valence-corrected chi connectivity index (χ3v) is 5.18. The quantitative estimate of drug-likeness (QED) is 0.515. The maximum absolute atomic E-state index is 11.8. The Balaban J connectivity index is 1.67. The van der Waals surface area contributed by atoms with Crippen LogP contribution in [0.1, 0.15) is 15.4 Å². The lowest BCUT2D eigenvalue weighted by atomic mass is 10.1. The van der Waals surface area contributed by atoms with Crippen LogP contribution >= 0.6 is 11.3 Å². The van der Waals surface area contributed by atoms with Crippen molar-refractivity contribution in [3.63, 3.8) is 0 Å². The van der Waals surface area contributed by atoms with Crippen molar-refractivity contribution in [2.45, 2.75) is 6.92 Å². The highest BCUT2D eigenvalue weighted by atomic mass is 32.1. The zero-order valence-corrected chi connectivity index (χ0v) is 16.3. The Hall–Kier alpha value is -3.46. The first kappa shape index (κ1) is 17.9. The average Bonchev–Trinajstić information content (AvgIpc) is 3.29. The van der Waals surface area contributed by atoms with Gasteiger partial charge in [-0.15, -0.1) is 5.10 Å². The van der Waals surface area contributed by atoms with Gasteiger partial charge in [0, 0.05) is 5.56 Å². The number of thiazole rings is 1. The number of esters is 1. The fraction of sp³-hybridized carbons (Fsp3) is 0.158. The van der Waals surface area contributed by atoms with Gasteiger partial charge in [0.05, 0.1) is 25.6 Å². The number of hydrogen-bond acceptors (Lipinski definition) is 8. The van der Waals surface area contributed by atoms with Crippen LogP contribution in [0, 0.1) is 6.92 Å². The number of nitrogens with zero attached hydrogens (tertiary/aromatic N) is 4. The normalized spacial score (nSPS) is 10.8. The average molecular weight is 395 g/mol. The molecule has 1 N–H and O–H groups in total. The van der Waals surface area contributed by atoms with E-state index in [9.17, 15) is 4.79 Å². The van der Waals surface area contributed by atoms with Crippen molar-refractivity contribution < 1.29 is 14.3 Å². The molecule has 0 spiro atoms. The van der Waals surface area contributed by atoms with E-state index in [1.165, 1.54) is 18.4 Å². The zero-order chi connectivity index (χ0) is 19.7. The number of rotatable bonds is 5. The van der Waals surface area contributed by atoms with Crippen LogP contribution in [0.25, 0.3) is 16.9 Å². The van der Waals surface area contributed by atoms with Crippen molar-refractivity contribution in [3.8, 4) is 17.0 Å². The number of ether oxygens (including phenoxy) is 2. The van der Waals surface area contributed by atoms with E-state index in [1.54, 1.807) is 18.5 Å². The molecule has 4 aromatic rings. The second kappa shape index (κ2) is 7.28. The molecule has 0 saturated heterocycles. The number of aryl methyl sites for hydroxylation is 1. The molecule has 0 aliphatic rings. The second-order valence-corrected chi connectivity index (χ2v) is 6.89. The number of carbonyl (C=O) groups excluding carboxylic acids is 1. The summed E-state index contributed by atoms with van der Waals surface area (Å²) in [6.07, 6.45) is 0. The van der Waals surface area contributed by atoms with Crippen LogP contribution < -0.4 is 10.1 Å². The molecule has 3 aromatic heterocycles. The number of pyridine rings is 1. The summed E-state index contributed by atoms with van der Waals surface area (Å²) in [6, 6.07) is 13.5. The van der Waals surface area contributed by atoms with Gasteiger partial charge >= 0.3 is 5.97 Å². The molecule has 0 amide bonds. The Kier molecular flexibility index (Phi) is 4.66. The molecule has 142 valence electrons. The van der Waals surface area contributed by atoms with Crippen LogP contribution in [0.15, 0.2) is 42.5 Å². The predicted molar refractivity (Wildman–Crippen MR) is 106 cm³/mol. The number of carbonyl (C=O) groups is 1. The lowest BCUT2D eigenvalue weighted by molar-refractivity contribution is 0.0605. The molecule has 0 atom stereocenters. The van der Waals surface area contributed by atoms with Crippen molar-refractivity contribution in [1.29, 1.82) is 0 Å². The molecule has 9 heteroatoms. The molecule has 0 fully saturated rings. The molecule has 0 saturated carbocycles. The standard InChI is InChI=1S/C19H17N5O3S/c1-11-16(17(25)27-3)28-19(20-11)22-18-21-15-6-4-5-14(24(15)23-18)12-7-9-13(26-2)10-8-12/h4-10H,1-3H3,(H,20,22,23). The van der Waals surface area contributed by atoms with E-state index in [1.807, 2.05) is 42.5 Å². The topological polar surface area (TPSA) is 90.6 Å². The molecule has 0 bridgehead atoms. The molecular formula is C19H17N5O3S. The van der Waals surface area contributed by atoms with E-state index in [4.69, 9.17) is 9.47 Å². The summed E-state index contributed by atoms with van der Waals surface area (Å²) in [5.41, 5.74) is 3.17. The Morgan fingerprint density at radius 1 is 1.11 bits per heavy atom. The van der Waals surface area contributed by atoms with Crippen molar-refractivity contribution in [2.24, 2.45) is 0 Å². The molecule has 3 heterocycles. The Labute approximate surface area is 164 Å². The first-order chi connectivity index (χ1) is 13.6. The van der Waals surface area contributed by atoms with Crippen LogP contribution in [-0.2, 0) is 4.74 Å². The number of fused-ring (bicyclic) bond motifs is 1. The van der Waals surface area contributed by atoms with Gasteiger partial charge < -0.3 is 9.47 Å². The summed E-state index contributed by atoms with van der Waals surface area (Å²) in [6.45, 7) is 1.76. The van der Waals surface area contributed by atoms with E-state index in [2.05, 4.69) is 20.4 Å². The Morgan fingerprint density at radius 3 is 2.61 bits per heavy atom. The molecule has 0 unspecified atom stereocenters. The first-order valence-corrected chi connectivity index (χ1v) is 9.23. The fourth-order valence-electron chi connectivity index (χ4n) is 2.77. The molecular weight excluding hydrogens is 378 g/mol. The maximum atomic E-state index is 11.8. The van der Waals surface area contributed by atoms with E-state index >= 15 is 0 Å². The van der Waals surface area contributed by atoms with Crippen LogP contribution in [0.3, 0.4) is 0 Å². The summed E-state index contributed by atoms with van der Waals surface area (Å²) in [4.78, 5) is 21.1. The van der Waals surface area contributed by atoms with E-state index < -0.39 is 5.97 Å². The third-order valence-electron chi connectivity index (χ3n) is 4.13. The Bertz CT molecular complexity index is 1150. The highest BCUT2D eigenvalue weighted by Gasteiger charge is 2.17. The number of benzene rings is 1. The largest absolute Gasteiger partial charge is 0.497 e. The van der Waals surface area contributed by atoms with Gasteiger partial charge in [0.15, 0.2) is 10.8 Å². The van der Waals surface area contributed by atoms with Gasteiger partial charge in [-0.1, -0.05) is 17.4 Å². The number of aromatic nitrogens is 4. The van der Waals surface area contributed by atoms with Gasteiger partial charge in [0.25, 0.3) is 0 Å². The van der Waals surface area contributed by atoms with Crippen molar-refractivity contribution in [3.05, 3.63) is 53.0 Å². The van der Waals surface area contributed by atoms with Gasteiger partial charge in [-0.3, -0.25) is 5.32 Å². The van der Waals surface area contributed by atoms with Crippen LogP contribution in [0.5, 0.6) is 5.75 Å². The molecule has 0 aliphatic heterocycles. The minimum Gasteiger partial charge on any atom is -0.497 e. The molecule has 4 rings (SSSR count). The van der Waals surface area contributed by atoms with Gasteiger partial charge in [0.1, 0.15) is 10.6 Å². The molecule has 28 heavy (non-hydrogen) atoms. The highest BCUT2D eigenvalue weighted by Crippen LogP contribution is 2.27. The monoisotopic (exact) mass is 395 g/mol. The smallest absolute Gasteiger partial charge is 0.350 e. The zero-order valence-electron chi connectivity index (χ0n) is 15.5. The lowest BCUT2D eigenvalue weighted by Gasteiger charge is -2.05. The highest BCUT2D eigenvalue weighted by molar-refractivity contribution is 7.17. The fourth-order valence-corrected chi connectivity index (χ4v) is 3.64. The summed E-state index contributed by atoms with van der Waals surface area (Å²) in [5, 5.41) is 8.14. The number of hydrogen-bond donors (Lipinski definition) is 1. The minimum absolute atomic E-state index is 0.395. The van der Waals surface area contributed by atoms with Gasteiger partial charge in [-0.2, -0.15) is 4.98 Å². The van der Waals surface area contributed by atoms with Gasteiger partial charge in [-0.05, 0) is 43.3 Å². The lowest BCUT2D eigenvalue weighted by Crippen LogP contribution is -1.99. The molecule has 1 aromatic carbocycles. The first-order valence-electron chi connectivity index (χ1n) is 8.42. The van der Waals surface area contributed by atoms with E-state index in [0.29, 0.717) is 27.3 Å². The summed E-state index contributed by atoms with van der Waals surface area (Å²) >= 11 is 1.20. The molecule has 8 nitrogen and oxygen atoms in total. The van der Waals surface area contributed by atoms with E-state index in [-0.39, 0.29) is 0 Å². The van der Waals surface area contributed by atoms with Gasteiger partial charge in [0.2, 0.25) is 5.95 Å². The van der Waals surface area contributed by atoms with Gasteiger partial charge in [-0.25, -0.2) is 14.3 Å². The summed E-state index contributed by atoms with van der Waals surface area (Å²) in [5.74, 6) is 0.774. The maximum Gasteiger partial charge on any atom is 0.350 e. The van der Waals surface area contributed by atoms with Crippen molar-refractivity contribution in [1.82, 2.24) is 19.6 Å². The van der Waals surface area contributed by atoms with Crippen molar-refractivity contribution >= 4 is 34.0 Å². The minimum atomic E-state index is -0.409. The third kappa shape index (κ3) is 3.27. The van der Waals surface area contributed by atoms with Crippen LogP contribution in [0.4, 0.5) is 11.1 Å². The van der Waals surface area contributed by atoms with E-state index in [0.717, 1.165) is 17.0 Å². The predicted octanol–water partition coefficient (Wildman–Crippen LogP) is 3.70. The number of anilines is 2. The molecule has 0 radical (unpaired) electrons. The Morgan fingerprint density at radius 2 is 1.89 bits per heavy atom. The van der Waals surface area contributed by atoms with Crippen molar-refractivity contribution in [2.75, 3.05) is 19.5 Å². The number of methoxy groups -OCH3 is 2. The SMILES string of the molecule is COC(=O)c1sc(Nc2nc3cccc(-c4ccc(OC)cc4)n3n2)nc1C. The number of nitrogens with one attached hydrogen (secondary N) is 1. The van der Waals surface area contributed by atoms with Crippen LogP contribution in [-0.4, -0.2) is 39.8 Å². The van der Waals surface area contributed by atoms with Crippen LogP contribution in [0.2, 0.25) is 0 Å². The second-order valence-electron chi connectivity index (χ2n) is 5.90. The summed E-state index contributed by atoms with van der Waals surface area (Å²) in [7, 11) is 2.98. The summed E-state index contributed by atoms with van der Waals surface area (Å²) < 4.78 is 11.7. The molecule has 0 aliphatic carbocycles.